The van der Waals surface area contributed by atoms with E-state index < -0.39 is 6.04 Å². The Balaban J connectivity index is 2.37. The number of benzene rings is 1. The Morgan fingerprint density at radius 1 is 1.26 bits per heavy atom. The summed E-state index contributed by atoms with van der Waals surface area (Å²) in [5.74, 6) is 0.915. The minimum Gasteiger partial charge on any atom is -0.497 e. The Kier molecular flexibility index (Phi) is 4.19. The lowest BCUT2D eigenvalue weighted by Gasteiger charge is -2.13. The molecule has 0 saturated heterocycles. The fraction of sp³-hybridized carbons (Fsp3) is 0.214. The predicted molar refractivity (Wildman–Crippen MR) is 75.1 cm³/mol. The number of rotatable bonds is 5. The van der Waals surface area contributed by atoms with E-state index in [-0.39, 0.29) is 5.78 Å². The van der Waals surface area contributed by atoms with Gasteiger partial charge in [-0.15, -0.1) is 11.3 Å². The molecule has 0 amide bonds. The van der Waals surface area contributed by atoms with Gasteiger partial charge in [0.1, 0.15) is 17.5 Å². The van der Waals surface area contributed by atoms with Crippen molar-refractivity contribution in [3.05, 3.63) is 46.2 Å². The minimum absolute atomic E-state index is 0.182. The van der Waals surface area contributed by atoms with Gasteiger partial charge in [0.05, 0.1) is 19.8 Å². The number of Topliss-reactive ketones (excluding diaryl/α,β-unsaturated/α-hetero) is 1. The quantitative estimate of drug-likeness (QED) is 0.853. The summed E-state index contributed by atoms with van der Waals surface area (Å²) in [6.45, 7) is 0. The summed E-state index contributed by atoms with van der Waals surface area (Å²) in [6.07, 6.45) is 0. The second-order valence-corrected chi connectivity index (χ2v) is 4.90. The molecule has 0 aliphatic carbocycles. The lowest BCUT2D eigenvalue weighted by Crippen LogP contribution is -2.21. The Labute approximate surface area is 115 Å². The van der Waals surface area contributed by atoms with Crippen molar-refractivity contribution in [1.29, 1.82) is 0 Å². The molecule has 0 aliphatic rings. The van der Waals surface area contributed by atoms with Gasteiger partial charge >= 0.3 is 0 Å². The van der Waals surface area contributed by atoms with E-state index in [0.29, 0.717) is 17.1 Å². The van der Waals surface area contributed by atoms with Crippen LogP contribution in [0.3, 0.4) is 0 Å². The Hall–Kier alpha value is -1.85. The Morgan fingerprint density at radius 2 is 2.05 bits per heavy atom. The van der Waals surface area contributed by atoms with E-state index in [9.17, 15) is 4.79 Å². The molecule has 2 N–H and O–H groups in total. The average molecular weight is 277 g/mol. The van der Waals surface area contributed by atoms with Crippen LogP contribution in [0.5, 0.6) is 11.5 Å². The molecule has 0 bridgehead atoms. The van der Waals surface area contributed by atoms with E-state index in [1.54, 1.807) is 25.3 Å². The molecule has 2 rings (SSSR count). The molecule has 2 aromatic rings. The number of ether oxygens (including phenoxy) is 2. The summed E-state index contributed by atoms with van der Waals surface area (Å²) in [4.78, 5) is 13.3. The van der Waals surface area contributed by atoms with Gasteiger partial charge in [0.2, 0.25) is 0 Å². The smallest absolute Gasteiger partial charge is 0.188 e. The second kappa shape index (κ2) is 5.86. The van der Waals surface area contributed by atoms with Crippen molar-refractivity contribution in [2.24, 2.45) is 5.73 Å². The van der Waals surface area contributed by atoms with Crippen LogP contribution in [-0.2, 0) is 0 Å². The van der Waals surface area contributed by atoms with E-state index in [4.69, 9.17) is 15.2 Å². The Bertz CT molecular complexity index is 566. The van der Waals surface area contributed by atoms with E-state index in [1.807, 2.05) is 17.5 Å². The highest BCUT2D eigenvalue weighted by molar-refractivity contribution is 7.10. The third kappa shape index (κ3) is 2.77. The van der Waals surface area contributed by atoms with Gasteiger partial charge in [-0.1, -0.05) is 6.07 Å². The van der Waals surface area contributed by atoms with E-state index in [1.165, 1.54) is 18.4 Å². The maximum absolute atomic E-state index is 12.4. The number of ketones is 1. The van der Waals surface area contributed by atoms with Gasteiger partial charge in [-0.05, 0) is 29.6 Å². The largest absolute Gasteiger partial charge is 0.497 e. The van der Waals surface area contributed by atoms with Gasteiger partial charge < -0.3 is 15.2 Å². The van der Waals surface area contributed by atoms with Crippen molar-refractivity contribution < 1.29 is 14.3 Å². The Morgan fingerprint density at radius 3 is 2.63 bits per heavy atom. The summed E-state index contributed by atoms with van der Waals surface area (Å²) in [5, 5.41) is 1.89. The standard InChI is InChI=1S/C14H15NO3S/c1-17-9-5-6-11(18-2)10(8-9)14(16)13(15)12-4-3-7-19-12/h3-8,13H,15H2,1-2H3. The molecule has 19 heavy (non-hydrogen) atoms. The van der Waals surface area contributed by atoms with Crippen LogP contribution in [0.25, 0.3) is 0 Å². The van der Waals surface area contributed by atoms with Gasteiger partial charge in [-0.2, -0.15) is 0 Å². The van der Waals surface area contributed by atoms with Crippen molar-refractivity contribution in [1.82, 2.24) is 0 Å². The summed E-state index contributed by atoms with van der Waals surface area (Å²) in [7, 11) is 3.07. The van der Waals surface area contributed by atoms with Crippen LogP contribution in [-0.4, -0.2) is 20.0 Å². The number of hydrogen-bond donors (Lipinski definition) is 1. The van der Waals surface area contributed by atoms with Crippen LogP contribution in [0.2, 0.25) is 0 Å². The van der Waals surface area contributed by atoms with Gasteiger partial charge in [0.15, 0.2) is 5.78 Å². The number of carbonyl (C=O) groups excluding carboxylic acids is 1. The predicted octanol–water partition coefficient (Wildman–Crippen LogP) is 2.65. The van der Waals surface area contributed by atoms with Crippen LogP contribution < -0.4 is 15.2 Å². The van der Waals surface area contributed by atoms with Gasteiger partial charge in [-0.3, -0.25) is 4.79 Å². The first-order valence-electron chi connectivity index (χ1n) is 5.72. The fourth-order valence-corrected chi connectivity index (χ4v) is 2.50. The van der Waals surface area contributed by atoms with Gasteiger partial charge in [0.25, 0.3) is 0 Å². The molecule has 1 atom stereocenters. The molecule has 4 nitrogen and oxygen atoms in total. The molecule has 1 unspecified atom stereocenters. The summed E-state index contributed by atoms with van der Waals surface area (Å²) < 4.78 is 10.3. The zero-order chi connectivity index (χ0) is 13.8. The first-order valence-corrected chi connectivity index (χ1v) is 6.60. The topological polar surface area (TPSA) is 61.5 Å². The molecule has 5 heteroatoms. The first-order chi connectivity index (χ1) is 9.17. The lowest BCUT2D eigenvalue weighted by atomic mass is 10.0. The summed E-state index contributed by atoms with van der Waals surface area (Å²) >= 11 is 1.46. The lowest BCUT2D eigenvalue weighted by molar-refractivity contribution is 0.0959. The zero-order valence-electron chi connectivity index (χ0n) is 10.8. The summed E-state index contributed by atoms with van der Waals surface area (Å²) in [6, 6.07) is 8.13. The highest BCUT2D eigenvalue weighted by Crippen LogP contribution is 2.29. The second-order valence-electron chi connectivity index (χ2n) is 3.92. The van der Waals surface area contributed by atoms with Crippen molar-refractivity contribution in [2.75, 3.05) is 14.2 Å². The average Bonchev–Trinajstić information content (AvgIpc) is 2.99. The third-order valence-electron chi connectivity index (χ3n) is 2.80. The molecule has 0 fully saturated rings. The molecule has 100 valence electrons. The molecule has 0 saturated carbocycles. The van der Waals surface area contributed by atoms with E-state index >= 15 is 0 Å². The molecule has 1 aromatic heterocycles. The molecule has 0 radical (unpaired) electrons. The highest BCUT2D eigenvalue weighted by Gasteiger charge is 2.22. The molecule has 0 spiro atoms. The van der Waals surface area contributed by atoms with Crippen molar-refractivity contribution in [2.45, 2.75) is 6.04 Å². The number of thiophene rings is 1. The first kappa shape index (κ1) is 13.6. The zero-order valence-corrected chi connectivity index (χ0v) is 11.6. The van der Waals surface area contributed by atoms with Gasteiger partial charge in [-0.25, -0.2) is 0 Å². The SMILES string of the molecule is COc1ccc(OC)c(C(=O)C(N)c2cccs2)c1. The van der Waals surface area contributed by atoms with Crippen LogP contribution in [0.4, 0.5) is 0 Å². The normalized spacial score (nSPS) is 11.9. The highest BCUT2D eigenvalue weighted by atomic mass is 32.1. The number of carbonyl (C=O) groups is 1. The number of nitrogens with two attached hydrogens (primary N) is 1. The van der Waals surface area contributed by atoms with Crippen LogP contribution in [0.15, 0.2) is 35.7 Å². The van der Waals surface area contributed by atoms with E-state index in [0.717, 1.165) is 4.88 Å². The fourth-order valence-electron chi connectivity index (χ4n) is 1.77. The van der Waals surface area contributed by atoms with Crippen LogP contribution >= 0.6 is 11.3 Å². The van der Waals surface area contributed by atoms with E-state index in [2.05, 4.69) is 0 Å². The maximum atomic E-state index is 12.4. The molecule has 1 aromatic carbocycles. The third-order valence-corrected chi connectivity index (χ3v) is 3.76. The van der Waals surface area contributed by atoms with Crippen LogP contribution in [0.1, 0.15) is 21.3 Å². The monoisotopic (exact) mass is 277 g/mol. The molecular weight excluding hydrogens is 262 g/mol. The molecular formula is C14H15NO3S. The molecule has 0 aliphatic heterocycles. The molecule has 1 heterocycles. The summed E-state index contributed by atoms with van der Waals surface area (Å²) in [5.41, 5.74) is 6.43. The minimum atomic E-state index is -0.680. The van der Waals surface area contributed by atoms with Crippen LogP contribution in [0, 0.1) is 0 Å². The van der Waals surface area contributed by atoms with Crippen molar-refractivity contribution in [3.63, 3.8) is 0 Å². The number of methoxy groups -OCH3 is 2. The number of hydrogen-bond acceptors (Lipinski definition) is 5. The van der Waals surface area contributed by atoms with Crippen molar-refractivity contribution in [3.8, 4) is 11.5 Å². The maximum Gasteiger partial charge on any atom is 0.188 e. The van der Waals surface area contributed by atoms with Crippen molar-refractivity contribution >= 4 is 17.1 Å². The van der Waals surface area contributed by atoms with Gasteiger partial charge in [0, 0.05) is 4.88 Å².